The van der Waals surface area contributed by atoms with E-state index >= 15 is 0 Å². The van der Waals surface area contributed by atoms with E-state index < -0.39 is 5.97 Å². The van der Waals surface area contributed by atoms with Crippen molar-refractivity contribution >= 4 is 41.2 Å². The molecule has 0 spiro atoms. The standard InChI is InChI=1S/C18H20N6O3S/c1-3-27-16(26)8-15-24(14(25)10-28-15)9-13-21-17(19)23-18(22-13)20-12-7-5-4-6-11(12)2/h4-8H,3,9-10H2,1-2H3,(H3,19,20,21,22,23)/b15-8-. The lowest BCUT2D eigenvalue weighted by Gasteiger charge is -2.16. The molecule has 0 bridgehead atoms. The van der Waals surface area contributed by atoms with Gasteiger partial charge in [-0.25, -0.2) is 4.79 Å². The third-order valence-electron chi connectivity index (χ3n) is 3.83. The van der Waals surface area contributed by atoms with Gasteiger partial charge in [0.05, 0.1) is 30.0 Å². The number of anilines is 3. The molecule has 0 atom stereocenters. The Kier molecular flexibility index (Phi) is 6.09. The second-order valence-electron chi connectivity index (χ2n) is 5.88. The molecule has 1 aliphatic heterocycles. The van der Waals surface area contributed by atoms with Crippen molar-refractivity contribution in [2.45, 2.75) is 20.4 Å². The minimum atomic E-state index is -0.498. The van der Waals surface area contributed by atoms with E-state index in [1.54, 1.807) is 6.92 Å². The molecule has 0 radical (unpaired) electrons. The van der Waals surface area contributed by atoms with Gasteiger partial charge in [0.2, 0.25) is 17.8 Å². The zero-order valence-corrected chi connectivity index (χ0v) is 16.3. The maximum absolute atomic E-state index is 12.2. The molecule has 2 heterocycles. The predicted octanol–water partition coefficient (Wildman–Crippen LogP) is 1.99. The smallest absolute Gasteiger partial charge is 0.333 e. The van der Waals surface area contributed by atoms with Crippen molar-refractivity contribution < 1.29 is 14.3 Å². The highest BCUT2D eigenvalue weighted by Gasteiger charge is 2.28. The van der Waals surface area contributed by atoms with E-state index in [9.17, 15) is 9.59 Å². The van der Waals surface area contributed by atoms with Crippen LogP contribution in [0.5, 0.6) is 0 Å². The quantitative estimate of drug-likeness (QED) is 0.553. The van der Waals surface area contributed by atoms with Crippen LogP contribution >= 0.6 is 11.8 Å². The predicted molar refractivity (Wildman–Crippen MR) is 106 cm³/mol. The molecule has 1 aliphatic rings. The highest BCUT2D eigenvalue weighted by atomic mass is 32.2. The number of para-hydroxylation sites is 1. The van der Waals surface area contributed by atoms with Gasteiger partial charge in [-0.15, -0.1) is 0 Å². The number of nitrogens with zero attached hydrogens (tertiary/aromatic N) is 4. The summed E-state index contributed by atoms with van der Waals surface area (Å²) in [6, 6.07) is 7.69. The Morgan fingerprint density at radius 1 is 1.36 bits per heavy atom. The molecule has 1 amide bonds. The molecule has 1 aromatic heterocycles. The zero-order chi connectivity index (χ0) is 20.1. The fraction of sp³-hybridized carbons (Fsp3) is 0.278. The van der Waals surface area contributed by atoms with Crippen molar-refractivity contribution in [2.75, 3.05) is 23.4 Å². The van der Waals surface area contributed by atoms with E-state index in [1.165, 1.54) is 22.7 Å². The number of hydrogen-bond donors (Lipinski definition) is 2. The molecule has 1 fully saturated rings. The Morgan fingerprint density at radius 2 is 2.14 bits per heavy atom. The second kappa shape index (κ2) is 8.70. The lowest BCUT2D eigenvalue weighted by atomic mass is 10.2. The number of aryl methyl sites for hydroxylation is 1. The highest BCUT2D eigenvalue weighted by molar-refractivity contribution is 8.04. The normalized spacial score (nSPS) is 15.1. The SMILES string of the molecule is CCOC(=O)/C=C1\SCC(=O)N1Cc1nc(N)nc(Nc2ccccc2C)n1. The molecule has 2 aromatic rings. The number of rotatable bonds is 6. The summed E-state index contributed by atoms with van der Waals surface area (Å²) in [7, 11) is 0. The molecule has 0 saturated carbocycles. The first kappa shape index (κ1) is 19.6. The van der Waals surface area contributed by atoms with Crippen molar-refractivity contribution in [3.8, 4) is 0 Å². The lowest BCUT2D eigenvalue weighted by molar-refractivity contribution is -0.137. The van der Waals surface area contributed by atoms with Gasteiger partial charge in [0.1, 0.15) is 0 Å². The number of nitrogen functional groups attached to an aromatic ring is 1. The van der Waals surface area contributed by atoms with Gasteiger partial charge in [0, 0.05) is 5.69 Å². The molecule has 9 nitrogen and oxygen atoms in total. The van der Waals surface area contributed by atoms with Crippen LogP contribution in [0.4, 0.5) is 17.6 Å². The third-order valence-corrected chi connectivity index (χ3v) is 4.85. The van der Waals surface area contributed by atoms with Gasteiger partial charge in [-0.05, 0) is 25.5 Å². The van der Waals surface area contributed by atoms with Gasteiger partial charge in [-0.3, -0.25) is 9.69 Å². The number of esters is 1. The molecule has 10 heteroatoms. The number of amides is 1. The van der Waals surface area contributed by atoms with Gasteiger partial charge in [0.15, 0.2) is 5.82 Å². The van der Waals surface area contributed by atoms with E-state index in [4.69, 9.17) is 10.5 Å². The number of nitrogens with two attached hydrogens (primary N) is 1. The van der Waals surface area contributed by atoms with Gasteiger partial charge in [-0.2, -0.15) is 15.0 Å². The Balaban J connectivity index is 1.81. The minimum Gasteiger partial charge on any atom is -0.463 e. The van der Waals surface area contributed by atoms with Crippen LogP contribution in [-0.4, -0.2) is 44.1 Å². The molecule has 1 aromatic carbocycles. The summed E-state index contributed by atoms with van der Waals surface area (Å²) < 4.78 is 4.92. The van der Waals surface area contributed by atoms with E-state index in [1.807, 2.05) is 31.2 Å². The number of aromatic nitrogens is 3. The fourth-order valence-corrected chi connectivity index (χ4v) is 3.45. The van der Waals surface area contributed by atoms with Crippen molar-refractivity contribution in [2.24, 2.45) is 0 Å². The summed E-state index contributed by atoms with van der Waals surface area (Å²) in [5.74, 6) is 0.229. The van der Waals surface area contributed by atoms with Crippen LogP contribution in [0.25, 0.3) is 0 Å². The average Bonchev–Trinajstić information content (AvgIpc) is 2.97. The lowest BCUT2D eigenvalue weighted by Crippen LogP contribution is -2.26. The van der Waals surface area contributed by atoms with Crippen LogP contribution in [0.15, 0.2) is 35.4 Å². The third kappa shape index (κ3) is 4.77. The number of carbonyl (C=O) groups excluding carboxylic acids is 2. The zero-order valence-electron chi connectivity index (χ0n) is 15.5. The van der Waals surface area contributed by atoms with Gasteiger partial charge in [-0.1, -0.05) is 30.0 Å². The summed E-state index contributed by atoms with van der Waals surface area (Å²) in [6.07, 6.45) is 1.30. The van der Waals surface area contributed by atoms with Gasteiger partial charge in [0.25, 0.3) is 0 Å². The van der Waals surface area contributed by atoms with E-state index in [2.05, 4.69) is 20.3 Å². The average molecular weight is 400 g/mol. The molecule has 3 N–H and O–H groups in total. The van der Waals surface area contributed by atoms with Crippen LogP contribution in [0, 0.1) is 6.92 Å². The van der Waals surface area contributed by atoms with Crippen molar-refractivity contribution in [1.82, 2.24) is 19.9 Å². The Hall–Kier alpha value is -3.14. The second-order valence-corrected chi connectivity index (χ2v) is 6.87. The summed E-state index contributed by atoms with van der Waals surface area (Å²) in [5.41, 5.74) is 7.68. The molecule has 146 valence electrons. The largest absolute Gasteiger partial charge is 0.463 e. The molecule has 0 aliphatic carbocycles. The number of nitrogens with one attached hydrogen (secondary N) is 1. The molecule has 0 unspecified atom stereocenters. The Morgan fingerprint density at radius 3 is 2.89 bits per heavy atom. The minimum absolute atomic E-state index is 0.0382. The number of ether oxygens (including phenoxy) is 1. The Bertz CT molecular complexity index is 933. The van der Waals surface area contributed by atoms with Crippen LogP contribution in [0.3, 0.4) is 0 Å². The summed E-state index contributed by atoms with van der Waals surface area (Å²) in [5, 5.41) is 3.61. The van der Waals surface area contributed by atoms with E-state index in [0.717, 1.165) is 11.3 Å². The number of thioether (sulfide) groups is 1. The first-order chi connectivity index (χ1) is 13.5. The van der Waals surface area contributed by atoms with E-state index in [-0.39, 0.29) is 36.7 Å². The fourth-order valence-electron chi connectivity index (χ4n) is 2.52. The van der Waals surface area contributed by atoms with Crippen LogP contribution in [-0.2, 0) is 20.9 Å². The molecule has 1 saturated heterocycles. The van der Waals surface area contributed by atoms with Crippen LogP contribution in [0.1, 0.15) is 18.3 Å². The first-order valence-corrected chi connectivity index (χ1v) is 9.59. The maximum atomic E-state index is 12.2. The van der Waals surface area contributed by atoms with Crippen LogP contribution in [0.2, 0.25) is 0 Å². The van der Waals surface area contributed by atoms with Gasteiger partial charge >= 0.3 is 5.97 Å². The molecular weight excluding hydrogens is 380 g/mol. The molecule has 28 heavy (non-hydrogen) atoms. The summed E-state index contributed by atoms with van der Waals surface area (Å²) in [6.45, 7) is 4.02. The first-order valence-electron chi connectivity index (χ1n) is 8.61. The van der Waals surface area contributed by atoms with Crippen molar-refractivity contribution in [1.29, 1.82) is 0 Å². The van der Waals surface area contributed by atoms with Crippen LogP contribution < -0.4 is 11.1 Å². The highest BCUT2D eigenvalue weighted by Crippen LogP contribution is 2.30. The summed E-state index contributed by atoms with van der Waals surface area (Å²) in [4.78, 5) is 38.0. The molecular formula is C18H20N6O3S. The maximum Gasteiger partial charge on any atom is 0.333 e. The number of benzene rings is 1. The van der Waals surface area contributed by atoms with Gasteiger partial charge < -0.3 is 15.8 Å². The number of hydrogen-bond acceptors (Lipinski definition) is 9. The van der Waals surface area contributed by atoms with E-state index in [0.29, 0.717) is 10.9 Å². The topological polar surface area (TPSA) is 123 Å². The monoisotopic (exact) mass is 400 g/mol. The summed E-state index contributed by atoms with van der Waals surface area (Å²) >= 11 is 1.26. The van der Waals surface area contributed by atoms with Crippen molar-refractivity contribution in [3.63, 3.8) is 0 Å². The van der Waals surface area contributed by atoms with Crippen molar-refractivity contribution in [3.05, 3.63) is 46.8 Å². The Labute approximate surface area is 166 Å². The number of carbonyl (C=O) groups is 2. The molecule has 3 rings (SSSR count).